The summed E-state index contributed by atoms with van der Waals surface area (Å²) in [5.74, 6) is -0.196. The largest absolute Gasteiger partial charge is 0.387 e. The third-order valence-corrected chi connectivity index (χ3v) is 4.87. The number of likely N-dealkylation sites (N-methyl/N-ethyl adjacent to an activating group) is 1. The second kappa shape index (κ2) is 6.98. The number of fused-ring (bicyclic) bond motifs is 1. The zero-order valence-corrected chi connectivity index (χ0v) is 13.8. The van der Waals surface area contributed by atoms with E-state index >= 15 is 0 Å². The SMILES string of the molecule is CN1CCc2cc(C(O)CNC(=O)/C=C/c3cccs3)ccc21. The van der Waals surface area contributed by atoms with Gasteiger partial charge in [0.2, 0.25) is 5.91 Å². The van der Waals surface area contributed by atoms with Gasteiger partial charge in [-0.2, -0.15) is 0 Å². The molecule has 0 fully saturated rings. The standard InChI is InChI=1S/C18H20N2O2S/c1-20-9-8-13-11-14(4-6-16(13)20)17(21)12-19-18(22)7-5-15-3-2-10-23-15/h2-7,10-11,17,21H,8-9,12H2,1H3,(H,19,22)/b7-5+. The first kappa shape index (κ1) is 15.8. The minimum Gasteiger partial charge on any atom is -0.387 e. The number of hydrogen-bond donors (Lipinski definition) is 2. The lowest BCUT2D eigenvalue weighted by molar-refractivity contribution is -0.116. The van der Waals surface area contributed by atoms with Gasteiger partial charge in [0.15, 0.2) is 0 Å². The van der Waals surface area contributed by atoms with Crippen molar-refractivity contribution >= 4 is 29.0 Å². The second-order valence-electron chi connectivity index (χ2n) is 5.67. The Balaban J connectivity index is 1.55. The number of carbonyl (C=O) groups is 1. The van der Waals surface area contributed by atoms with Crippen LogP contribution in [-0.2, 0) is 11.2 Å². The normalized spacial score (nSPS) is 15.0. The van der Waals surface area contributed by atoms with E-state index in [1.165, 1.54) is 17.3 Å². The fourth-order valence-electron chi connectivity index (χ4n) is 2.71. The van der Waals surface area contributed by atoms with Gasteiger partial charge in [0, 0.05) is 36.8 Å². The van der Waals surface area contributed by atoms with Gasteiger partial charge in [0.05, 0.1) is 6.10 Å². The molecule has 1 aromatic carbocycles. The monoisotopic (exact) mass is 328 g/mol. The minimum atomic E-state index is -0.690. The molecule has 1 atom stereocenters. The van der Waals surface area contributed by atoms with Crippen LogP contribution in [-0.4, -0.2) is 31.2 Å². The van der Waals surface area contributed by atoms with Gasteiger partial charge in [0.25, 0.3) is 0 Å². The molecule has 0 saturated heterocycles. The maximum Gasteiger partial charge on any atom is 0.244 e. The molecule has 0 radical (unpaired) electrons. The van der Waals surface area contributed by atoms with Gasteiger partial charge in [-0.3, -0.25) is 4.79 Å². The third kappa shape index (κ3) is 3.81. The number of thiophene rings is 1. The first-order valence-corrected chi connectivity index (χ1v) is 8.53. The zero-order chi connectivity index (χ0) is 16.2. The Labute approximate surface area is 140 Å². The Morgan fingerprint density at radius 1 is 1.48 bits per heavy atom. The molecule has 1 aliphatic rings. The summed E-state index contributed by atoms with van der Waals surface area (Å²) in [5, 5.41) is 15.0. The van der Waals surface area contributed by atoms with E-state index in [4.69, 9.17) is 0 Å². The summed E-state index contributed by atoms with van der Waals surface area (Å²) in [6, 6.07) is 9.90. The van der Waals surface area contributed by atoms with Crippen molar-refractivity contribution in [1.29, 1.82) is 0 Å². The molecule has 3 rings (SSSR count). The van der Waals surface area contributed by atoms with Crippen LogP contribution in [0.1, 0.15) is 22.1 Å². The first-order valence-electron chi connectivity index (χ1n) is 7.65. The van der Waals surface area contributed by atoms with Gasteiger partial charge in [0.1, 0.15) is 0 Å². The van der Waals surface area contributed by atoms with Gasteiger partial charge < -0.3 is 15.3 Å². The number of hydrogen-bond acceptors (Lipinski definition) is 4. The maximum atomic E-state index is 11.8. The van der Waals surface area contributed by atoms with Gasteiger partial charge in [-0.1, -0.05) is 18.2 Å². The van der Waals surface area contributed by atoms with Crippen LogP contribution >= 0.6 is 11.3 Å². The fraction of sp³-hybridized carbons (Fsp3) is 0.278. The number of anilines is 1. The highest BCUT2D eigenvalue weighted by molar-refractivity contribution is 7.10. The van der Waals surface area contributed by atoms with Crippen LogP contribution in [0.25, 0.3) is 6.08 Å². The van der Waals surface area contributed by atoms with Crippen LogP contribution in [0.3, 0.4) is 0 Å². The van der Waals surface area contributed by atoms with Crippen molar-refractivity contribution in [2.75, 3.05) is 25.0 Å². The molecule has 1 aliphatic heterocycles. The maximum absolute atomic E-state index is 11.8. The van der Waals surface area contributed by atoms with Crippen LogP contribution in [0, 0.1) is 0 Å². The lowest BCUT2D eigenvalue weighted by Crippen LogP contribution is -2.26. The van der Waals surface area contributed by atoms with E-state index in [1.54, 1.807) is 17.4 Å². The van der Waals surface area contributed by atoms with Crippen LogP contribution in [0.4, 0.5) is 5.69 Å². The van der Waals surface area contributed by atoms with E-state index in [0.29, 0.717) is 0 Å². The number of aliphatic hydroxyl groups excluding tert-OH is 1. The molecule has 5 heteroatoms. The van der Waals surface area contributed by atoms with Crippen molar-refractivity contribution < 1.29 is 9.90 Å². The molecule has 23 heavy (non-hydrogen) atoms. The number of carbonyl (C=O) groups excluding carboxylic acids is 1. The molecule has 0 saturated carbocycles. The van der Waals surface area contributed by atoms with Crippen LogP contribution in [0.15, 0.2) is 41.8 Å². The lowest BCUT2D eigenvalue weighted by atomic mass is 10.0. The Morgan fingerprint density at radius 3 is 3.13 bits per heavy atom. The highest BCUT2D eigenvalue weighted by Crippen LogP contribution is 2.29. The number of aliphatic hydroxyl groups is 1. The predicted octanol–water partition coefficient (Wildman–Crippen LogP) is 2.60. The van der Waals surface area contributed by atoms with Crippen molar-refractivity contribution in [1.82, 2.24) is 5.32 Å². The Bertz CT molecular complexity index is 710. The van der Waals surface area contributed by atoms with E-state index in [1.807, 2.05) is 35.7 Å². The number of nitrogens with one attached hydrogen (secondary N) is 1. The van der Waals surface area contributed by atoms with Crippen LogP contribution < -0.4 is 10.2 Å². The average molecular weight is 328 g/mol. The molecule has 2 aromatic rings. The molecule has 4 nitrogen and oxygen atoms in total. The van der Waals surface area contributed by atoms with E-state index in [2.05, 4.69) is 17.3 Å². The zero-order valence-electron chi connectivity index (χ0n) is 13.0. The molecule has 120 valence electrons. The Morgan fingerprint density at radius 2 is 2.35 bits per heavy atom. The van der Waals surface area contributed by atoms with E-state index in [-0.39, 0.29) is 12.5 Å². The highest BCUT2D eigenvalue weighted by Gasteiger charge is 2.17. The summed E-state index contributed by atoms with van der Waals surface area (Å²) >= 11 is 1.58. The Hall–Kier alpha value is -2.11. The number of nitrogens with zero attached hydrogens (tertiary/aromatic N) is 1. The molecule has 0 spiro atoms. The summed E-state index contributed by atoms with van der Waals surface area (Å²) in [4.78, 5) is 15.0. The quantitative estimate of drug-likeness (QED) is 0.830. The molecule has 0 bridgehead atoms. The average Bonchev–Trinajstić information content (AvgIpc) is 3.20. The summed E-state index contributed by atoms with van der Waals surface area (Å²) in [5.41, 5.74) is 3.33. The Kier molecular flexibility index (Phi) is 4.79. The van der Waals surface area contributed by atoms with Crippen molar-refractivity contribution in [3.8, 4) is 0 Å². The lowest BCUT2D eigenvalue weighted by Gasteiger charge is -2.15. The summed E-state index contributed by atoms with van der Waals surface area (Å²) in [7, 11) is 2.07. The molecule has 1 amide bonds. The van der Waals surface area contributed by atoms with Gasteiger partial charge in [-0.05, 0) is 41.1 Å². The van der Waals surface area contributed by atoms with Gasteiger partial charge >= 0.3 is 0 Å². The van der Waals surface area contributed by atoms with E-state index in [9.17, 15) is 9.90 Å². The molecular formula is C18H20N2O2S. The van der Waals surface area contributed by atoms with E-state index in [0.717, 1.165) is 23.4 Å². The number of rotatable bonds is 5. The molecular weight excluding hydrogens is 308 g/mol. The summed E-state index contributed by atoms with van der Waals surface area (Å²) in [6.07, 6.45) is 3.58. The molecule has 0 aliphatic carbocycles. The smallest absolute Gasteiger partial charge is 0.244 e. The third-order valence-electron chi connectivity index (χ3n) is 4.03. The highest BCUT2D eigenvalue weighted by atomic mass is 32.1. The molecule has 1 unspecified atom stereocenters. The fourth-order valence-corrected chi connectivity index (χ4v) is 3.33. The summed E-state index contributed by atoms with van der Waals surface area (Å²) in [6.45, 7) is 1.22. The van der Waals surface area contributed by atoms with E-state index < -0.39 is 6.10 Å². The van der Waals surface area contributed by atoms with Crippen molar-refractivity contribution in [3.05, 3.63) is 57.8 Å². The number of amides is 1. The van der Waals surface area contributed by atoms with Crippen LogP contribution in [0.5, 0.6) is 0 Å². The molecule has 2 N–H and O–H groups in total. The van der Waals surface area contributed by atoms with Crippen molar-refractivity contribution in [2.45, 2.75) is 12.5 Å². The molecule has 2 heterocycles. The van der Waals surface area contributed by atoms with Gasteiger partial charge in [-0.25, -0.2) is 0 Å². The first-order chi connectivity index (χ1) is 11.1. The van der Waals surface area contributed by atoms with Crippen LogP contribution in [0.2, 0.25) is 0 Å². The predicted molar refractivity (Wildman–Crippen MR) is 94.7 cm³/mol. The van der Waals surface area contributed by atoms with Gasteiger partial charge in [-0.15, -0.1) is 11.3 Å². The number of benzene rings is 1. The van der Waals surface area contributed by atoms with Crippen molar-refractivity contribution in [2.24, 2.45) is 0 Å². The second-order valence-corrected chi connectivity index (χ2v) is 6.65. The van der Waals surface area contributed by atoms with Crippen molar-refractivity contribution in [3.63, 3.8) is 0 Å². The summed E-state index contributed by atoms with van der Waals surface area (Å²) < 4.78 is 0. The molecule has 1 aromatic heterocycles. The minimum absolute atomic E-state index is 0.196. The topological polar surface area (TPSA) is 52.6 Å².